The van der Waals surface area contributed by atoms with Crippen molar-refractivity contribution in [2.75, 3.05) is 7.11 Å². The second-order valence-electron chi connectivity index (χ2n) is 8.99. The highest BCUT2D eigenvalue weighted by Gasteiger charge is 2.36. The van der Waals surface area contributed by atoms with Gasteiger partial charge in [-0.25, -0.2) is 4.79 Å². The fourth-order valence-corrected chi connectivity index (χ4v) is 3.23. The maximum absolute atomic E-state index is 11.8. The highest BCUT2D eigenvalue weighted by molar-refractivity contribution is 5.97. The van der Waals surface area contributed by atoms with Crippen LogP contribution in [-0.4, -0.2) is 71.2 Å². The van der Waals surface area contributed by atoms with Gasteiger partial charge in [0.15, 0.2) is 0 Å². The van der Waals surface area contributed by atoms with Crippen molar-refractivity contribution >= 4 is 29.7 Å². The SMILES string of the molecule is C.CCCCC(C)C(=O)NC(CC(C)C)C(=O)O.COC(C)C1NC(=O)C(CCC(=O)O)NC1=O.N. The molecule has 12 nitrogen and oxygen atoms in total. The Bertz CT molecular complexity index is 702. The normalized spacial score (nSPS) is 19.1. The molecule has 12 heteroatoms. The van der Waals surface area contributed by atoms with Crippen molar-refractivity contribution < 1.29 is 38.9 Å². The maximum atomic E-state index is 11.8. The number of amides is 3. The molecule has 212 valence electrons. The summed E-state index contributed by atoms with van der Waals surface area (Å²) in [6.07, 6.45) is 2.82. The van der Waals surface area contributed by atoms with Crippen LogP contribution in [0.3, 0.4) is 0 Å². The number of hydrogen-bond donors (Lipinski definition) is 6. The summed E-state index contributed by atoms with van der Waals surface area (Å²) in [6, 6.07) is -2.26. The fourth-order valence-electron chi connectivity index (χ4n) is 3.23. The average molecular weight is 521 g/mol. The van der Waals surface area contributed by atoms with Crippen LogP contribution < -0.4 is 22.1 Å². The van der Waals surface area contributed by atoms with Gasteiger partial charge in [0.2, 0.25) is 17.7 Å². The number of rotatable bonds is 13. The number of carboxylic acid groups (broad SMARTS) is 2. The van der Waals surface area contributed by atoms with Gasteiger partial charge in [-0.15, -0.1) is 0 Å². The van der Waals surface area contributed by atoms with E-state index < -0.39 is 36.2 Å². The molecule has 1 aliphatic heterocycles. The molecule has 0 aliphatic carbocycles. The molecular weight excluding hydrogens is 472 g/mol. The van der Waals surface area contributed by atoms with Crippen molar-refractivity contribution in [2.45, 2.75) is 105 Å². The van der Waals surface area contributed by atoms with E-state index in [1.54, 1.807) is 6.92 Å². The number of ether oxygens (including phenoxy) is 1. The van der Waals surface area contributed by atoms with Gasteiger partial charge in [-0.3, -0.25) is 19.2 Å². The van der Waals surface area contributed by atoms with E-state index in [9.17, 15) is 24.0 Å². The molecule has 1 aliphatic rings. The van der Waals surface area contributed by atoms with Crippen LogP contribution >= 0.6 is 0 Å². The van der Waals surface area contributed by atoms with Gasteiger partial charge in [0, 0.05) is 19.4 Å². The Kier molecular flexibility index (Phi) is 20.4. The average Bonchev–Trinajstić information content (AvgIpc) is 2.76. The minimum Gasteiger partial charge on any atom is -0.481 e. The Balaban J connectivity index is -0.000000573. The second kappa shape index (κ2) is 19.5. The van der Waals surface area contributed by atoms with Crippen LogP contribution in [-0.2, 0) is 28.7 Å². The zero-order valence-electron chi connectivity index (χ0n) is 21.8. The van der Waals surface area contributed by atoms with Crippen LogP contribution in [0.5, 0.6) is 0 Å². The van der Waals surface area contributed by atoms with Crippen molar-refractivity contribution in [1.82, 2.24) is 22.1 Å². The first-order valence-electron chi connectivity index (χ1n) is 11.7. The highest BCUT2D eigenvalue weighted by Crippen LogP contribution is 2.11. The molecule has 36 heavy (non-hydrogen) atoms. The lowest BCUT2D eigenvalue weighted by atomic mass is 10.0. The van der Waals surface area contributed by atoms with Gasteiger partial charge >= 0.3 is 11.9 Å². The number of aliphatic carboxylic acids is 2. The first kappa shape index (κ1) is 37.8. The van der Waals surface area contributed by atoms with E-state index in [-0.39, 0.29) is 56.0 Å². The lowest BCUT2D eigenvalue weighted by molar-refractivity contribution is -0.143. The molecule has 0 aromatic rings. The first-order chi connectivity index (χ1) is 15.8. The maximum Gasteiger partial charge on any atom is 0.326 e. The molecule has 5 unspecified atom stereocenters. The van der Waals surface area contributed by atoms with Gasteiger partial charge in [-0.2, -0.15) is 0 Å². The third-order valence-corrected chi connectivity index (χ3v) is 5.46. The van der Waals surface area contributed by atoms with E-state index in [4.69, 9.17) is 14.9 Å². The lowest BCUT2D eigenvalue weighted by Crippen LogP contribution is -2.64. The van der Waals surface area contributed by atoms with Gasteiger partial charge in [0.25, 0.3) is 0 Å². The largest absolute Gasteiger partial charge is 0.481 e. The summed E-state index contributed by atoms with van der Waals surface area (Å²) in [4.78, 5) is 56.4. The number of carbonyl (C=O) groups excluding carboxylic acids is 3. The van der Waals surface area contributed by atoms with Gasteiger partial charge < -0.3 is 37.1 Å². The number of carboxylic acids is 2. The molecule has 1 rings (SSSR count). The molecule has 1 saturated heterocycles. The molecule has 0 aromatic carbocycles. The van der Waals surface area contributed by atoms with E-state index in [2.05, 4.69) is 22.9 Å². The van der Waals surface area contributed by atoms with E-state index in [0.717, 1.165) is 19.3 Å². The third-order valence-electron chi connectivity index (χ3n) is 5.46. The molecule has 1 fully saturated rings. The predicted molar refractivity (Wildman–Crippen MR) is 137 cm³/mol. The molecule has 0 spiro atoms. The van der Waals surface area contributed by atoms with Gasteiger partial charge in [-0.1, -0.05) is 48.0 Å². The Morgan fingerprint density at radius 3 is 2.08 bits per heavy atom. The van der Waals surface area contributed by atoms with Crippen LogP contribution in [0.15, 0.2) is 0 Å². The Morgan fingerprint density at radius 2 is 1.64 bits per heavy atom. The zero-order chi connectivity index (χ0) is 26.4. The highest BCUT2D eigenvalue weighted by atomic mass is 16.5. The molecule has 0 bridgehead atoms. The summed E-state index contributed by atoms with van der Waals surface area (Å²) >= 11 is 0. The minimum absolute atomic E-state index is 0. The van der Waals surface area contributed by atoms with Gasteiger partial charge in [-0.05, 0) is 32.1 Å². The van der Waals surface area contributed by atoms with E-state index in [0.29, 0.717) is 6.42 Å². The summed E-state index contributed by atoms with van der Waals surface area (Å²) in [5, 5.41) is 25.2. The zero-order valence-corrected chi connectivity index (χ0v) is 21.8. The van der Waals surface area contributed by atoms with E-state index in [1.807, 2.05) is 20.8 Å². The molecule has 3 amide bonds. The molecule has 8 N–H and O–H groups in total. The molecular formula is C24H48N4O8. The Labute approximate surface area is 214 Å². The van der Waals surface area contributed by atoms with Crippen LogP contribution in [0.1, 0.15) is 80.6 Å². The Hall–Kier alpha value is -2.73. The quantitative estimate of drug-likeness (QED) is 0.210. The molecule has 5 atom stereocenters. The Morgan fingerprint density at radius 1 is 1.06 bits per heavy atom. The lowest BCUT2D eigenvalue weighted by Gasteiger charge is -2.31. The summed E-state index contributed by atoms with van der Waals surface area (Å²) in [6.45, 7) is 9.48. The number of unbranched alkanes of at least 4 members (excludes halogenated alkanes) is 1. The van der Waals surface area contributed by atoms with Crippen LogP contribution in [0, 0.1) is 11.8 Å². The topological polar surface area (TPSA) is 206 Å². The number of hydrogen-bond acceptors (Lipinski definition) is 7. The van der Waals surface area contributed by atoms with E-state index >= 15 is 0 Å². The molecule has 0 saturated carbocycles. The third kappa shape index (κ3) is 14.6. The smallest absolute Gasteiger partial charge is 0.326 e. The molecule has 0 radical (unpaired) electrons. The van der Waals surface area contributed by atoms with Crippen LogP contribution in [0.2, 0.25) is 0 Å². The van der Waals surface area contributed by atoms with Gasteiger partial charge in [0.1, 0.15) is 18.1 Å². The van der Waals surface area contributed by atoms with Crippen molar-refractivity contribution in [3.05, 3.63) is 0 Å². The minimum atomic E-state index is -1.00. The predicted octanol–water partition coefficient (Wildman–Crippen LogP) is 2.10. The monoisotopic (exact) mass is 520 g/mol. The van der Waals surface area contributed by atoms with Crippen molar-refractivity contribution in [2.24, 2.45) is 11.8 Å². The van der Waals surface area contributed by atoms with Crippen molar-refractivity contribution in [1.29, 1.82) is 0 Å². The number of piperazine rings is 1. The molecule has 0 aromatic heterocycles. The second-order valence-corrected chi connectivity index (χ2v) is 8.99. The van der Waals surface area contributed by atoms with Crippen molar-refractivity contribution in [3.63, 3.8) is 0 Å². The van der Waals surface area contributed by atoms with Crippen LogP contribution in [0.4, 0.5) is 0 Å². The van der Waals surface area contributed by atoms with Gasteiger partial charge in [0.05, 0.1) is 6.10 Å². The van der Waals surface area contributed by atoms with Crippen molar-refractivity contribution in [3.8, 4) is 0 Å². The van der Waals surface area contributed by atoms with E-state index in [1.165, 1.54) is 7.11 Å². The number of carbonyl (C=O) groups is 5. The van der Waals surface area contributed by atoms with Crippen LogP contribution in [0.25, 0.3) is 0 Å². The summed E-state index contributed by atoms with van der Waals surface area (Å²) in [7, 11) is 1.45. The summed E-state index contributed by atoms with van der Waals surface area (Å²) in [5.41, 5.74) is 0. The fraction of sp³-hybridized carbons (Fsp3) is 0.792. The standard InChI is InChI=1S/C13H25NO3.C10H16N2O5.CH4.H3N/c1-5-6-7-10(4)12(15)14-11(13(16)17)8-9(2)3;1-5(17-2)8-10(16)11-6(9(15)12-8)3-4-7(13)14;;/h9-11H,5-8H2,1-4H3,(H,14,15)(H,16,17);5-6,8H,3-4H2,1-2H3,(H,11,16)(H,12,15)(H,13,14);1H4;1H3. The molecule has 1 heterocycles. The number of methoxy groups -OCH3 is 1. The first-order valence-corrected chi connectivity index (χ1v) is 11.7. The summed E-state index contributed by atoms with van der Waals surface area (Å²) < 4.78 is 4.97. The summed E-state index contributed by atoms with van der Waals surface area (Å²) in [5.74, 6) is -2.68. The number of nitrogens with one attached hydrogen (secondary N) is 3.